The van der Waals surface area contributed by atoms with Crippen LogP contribution in [-0.4, -0.2) is 62.4 Å². The second-order valence-electron chi connectivity index (χ2n) is 7.63. The van der Waals surface area contributed by atoms with Gasteiger partial charge in [0.15, 0.2) is 0 Å². The van der Waals surface area contributed by atoms with Crippen molar-refractivity contribution in [1.29, 1.82) is 0 Å². The molecule has 1 N–H and O–H groups in total. The predicted octanol–water partition coefficient (Wildman–Crippen LogP) is 3.24. The Morgan fingerprint density at radius 2 is 1.79 bits per heavy atom. The number of anilines is 1. The highest BCUT2D eigenvalue weighted by Crippen LogP contribution is 2.30. The fourth-order valence-corrected chi connectivity index (χ4v) is 4.81. The van der Waals surface area contributed by atoms with Crippen LogP contribution in [0.1, 0.15) is 18.9 Å². The van der Waals surface area contributed by atoms with Crippen LogP contribution in [-0.2, 0) is 26.2 Å². The molecule has 3 rings (SSSR count). The summed E-state index contributed by atoms with van der Waals surface area (Å²) in [5.41, 5.74) is 1.13. The largest absolute Gasteiger partial charge is 0.491 e. The molecule has 2 aromatic carbocycles. The number of nitrogens with zero attached hydrogens (tertiary/aromatic N) is 2. The maximum atomic E-state index is 13.2. The van der Waals surface area contributed by atoms with Crippen LogP contribution >= 0.6 is 0 Å². The lowest BCUT2D eigenvalue weighted by molar-refractivity contribution is -0.111. The molecule has 10 heteroatoms. The fourth-order valence-electron chi connectivity index (χ4n) is 3.36. The molecule has 1 aliphatic heterocycles. The number of amides is 2. The molecular formula is C24H29N3O6S. The first-order valence-electron chi connectivity index (χ1n) is 11.0. The Labute approximate surface area is 200 Å². The van der Waals surface area contributed by atoms with Crippen molar-refractivity contribution in [1.82, 2.24) is 9.21 Å². The van der Waals surface area contributed by atoms with E-state index in [1.165, 1.54) is 27.4 Å². The first-order chi connectivity index (χ1) is 16.3. The molecule has 1 aliphatic rings. The van der Waals surface area contributed by atoms with Crippen molar-refractivity contribution >= 4 is 27.7 Å². The second kappa shape index (κ2) is 11.7. The molecule has 0 aliphatic carbocycles. The van der Waals surface area contributed by atoms with Gasteiger partial charge in [-0.3, -0.25) is 4.79 Å². The Balaban J connectivity index is 1.65. The third-order valence-electron chi connectivity index (χ3n) is 5.20. The van der Waals surface area contributed by atoms with E-state index < -0.39 is 22.0 Å². The van der Waals surface area contributed by atoms with E-state index in [2.05, 4.69) is 11.9 Å². The quantitative estimate of drug-likeness (QED) is 0.545. The lowest BCUT2D eigenvalue weighted by atomic mass is 10.2. The number of nitrogens with one attached hydrogen (secondary N) is 1. The van der Waals surface area contributed by atoms with Crippen LogP contribution in [0.4, 0.5) is 10.5 Å². The lowest BCUT2D eigenvalue weighted by Gasteiger charge is -2.33. The van der Waals surface area contributed by atoms with Gasteiger partial charge in [0.05, 0.1) is 17.2 Å². The van der Waals surface area contributed by atoms with E-state index in [0.717, 1.165) is 18.1 Å². The minimum absolute atomic E-state index is 0.0239. The van der Waals surface area contributed by atoms with Crippen molar-refractivity contribution in [3.05, 3.63) is 66.7 Å². The topological polar surface area (TPSA) is 105 Å². The zero-order valence-corrected chi connectivity index (χ0v) is 19.9. The number of carbonyl (C=O) groups excluding carboxylic acids is 2. The number of sulfonamides is 1. The van der Waals surface area contributed by atoms with Crippen molar-refractivity contribution in [2.45, 2.75) is 24.8 Å². The molecule has 2 amide bonds. The minimum Gasteiger partial charge on any atom is -0.491 e. The first kappa shape index (κ1) is 25.3. The van der Waals surface area contributed by atoms with E-state index in [-0.39, 0.29) is 43.4 Å². The van der Waals surface area contributed by atoms with Crippen LogP contribution in [0.3, 0.4) is 0 Å². The molecule has 0 atom stereocenters. The first-order valence-corrected chi connectivity index (χ1v) is 12.4. The Morgan fingerprint density at radius 3 is 2.44 bits per heavy atom. The summed E-state index contributed by atoms with van der Waals surface area (Å²) < 4.78 is 38.7. The van der Waals surface area contributed by atoms with E-state index in [9.17, 15) is 18.0 Å². The number of ether oxygens (including phenoxy) is 2. The van der Waals surface area contributed by atoms with E-state index in [1.807, 2.05) is 37.3 Å². The third-order valence-corrected chi connectivity index (χ3v) is 7.09. The maximum absolute atomic E-state index is 13.2. The molecule has 1 saturated heterocycles. The van der Waals surface area contributed by atoms with Gasteiger partial charge in [0.25, 0.3) is 0 Å². The van der Waals surface area contributed by atoms with E-state index in [1.54, 1.807) is 0 Å². The van der Waals surface area contributed by atoms with Crippen LogP contribution in [0.2, 0.25) is 0 Å². The zero-order valence-electron chi connectivity index (χ0n) is 19.1. The van der Waals surface area contributed by atoms with Crippen LogP contribution in [0.25, 0.3) is 0 Å². The lowest BCUT2D eigenvalue weighted by Crippen LogP contribution is -2.50. The van der Waals surface area contributed by atoms with Crippen molar-refractivity contribution in [2.75, 3.05) is 38.1 Å². The number of rotatable bonds is 9. The number of hydrogen-bond donors (Lipinski definition) is 1. The highest BCUT2D eigenvalue weighted by atomic mass is 32.2. The average Bonchev–Trinajstić information content (AvgIpc) is 2.87. The van der Waals surface area contributed by atoms with Crippen molar-refractivity contribution in [3.8, 4) is 5.75 Å². The van der Waals surface area contributed by atoms with Gasteiger partial charge in [-0.05, 0) is 36.3 Å². The SMILES string of the molecule is C=CC(=O)Nc1cc(S(=O)(=O)N2CCN(C(=O)OCc3ccccc3)CC2)ccc1OCCC. The van der Waals surface area contributed by atoms with Crippen LogP contribution < -0.4 is 10.1 Å². The van der Waals surface area contributed by atoms with Gasteiger partial charge in [0.2, 0.25) is 15.9 Å². The van der Waals surface area contributed by atoms with Crippen molar-refractivity contribution < 1.29 is 27.5 Å². The smallest absolute Gasteiger partial charge is 0.410 e. The molecule has 0 spiro atoms. The summed E-state index contributed by atoms with van der Waals surface area (Å²) in [5.74, 6) is -0.0968. The number of piperazine rings is 1. The molecular weight excluding hydrogens is 458 g/mol. The molecule has 0 bridgehead atoms. The number of hydrogen-bond acceptors (Lipinski definition) is 6. The van der Waals surface area contributed by atoms with Gasteiger partial charge >= 0.3 is 6.09 Å². The molecule has 1 heterocycles. The van der Waals surface area contributed by atoms with Gasteiger partial charge in [0, 0.05) is 26.2 Å². The molecule has 0 saturated carbocycles. The van der Waals surface area contributed by atoms with Crippen molar-refractivity contribution in [3.63, 3.8) is 0 Å². The van der Waals surface area contributed by atoms with Crippen molar-refractivity contribution in [2.24, 2.45) is 0 Å². The normalized spacial score (nSPS) is 14.3. The van der Waals surface area contributed by atoms with E-state index in [0.29, 0.717) is 12.4 Å². The highest BCUT2D eigenvalue weighted by Gasteiger charge is 2.31. The Morgan fingerprint density at radius 1 is 1.09 bits per heavy atom. The fraction of sp³-hybridized carbons (Fsp3) is 0.333. The average molecular weight is 488 g/mol. The van der Waals surface area contributed by atoms with Crippen LogP contribution in [0.15, 0.2) is 66.1 Å². The molecule has 2 aromatic rings. The summed E-state index contributed by atoms with van der Waals surface area (Å²) in [7, 11) is -3.85. The van der Waals surface area contributed by atoms with Gasteiger partial charge in [-0.15, -0.1) is 0 Å². The molecule has 182 valence electrons. The van der Waals surface area contributed by atoms with E-state index in [4.69, 9.17) is 9.47 Å². The summed E-state index contributed by atoms with van der Waals surface area (Å²) in [5, 5.41) is 2.60. The highest BCUT2D eigenvalue weighted by molar-refractivity contribution is 7.89. The number of benzene rings is 2. The Bertz CT molecular complexity index is 1110. The Kier molecular flexibility index (Phi) is 8.67. The molecule has 9 nitrogen and oxygen atoms in total. The minimum atomic E-state index is -3.85. The van der Waals surface area contributed by atoms with Gasteiger partial charge in [0.1, 0.15) is 12.4 Å². The summed E-state index contributed by atoms with van der Waals surface area (Å²) in [6.07, 6.45) is 1.38. The molecule has 34 heavy (non-hydrogen) atoms. The molecule has 0 radical (unpaired) electrons. The third kappa shape index (κ3) is 6.36. The summed E-state index contributed by atoms with van der Waals surface area (Å²) >= 11 is 0. The second-order valence-corrected chi connectivity index (χ2v) is 9.57. The maximum Gasteiger partial charge on any atom is 0.410 e. The van der Waals surface area contributed by atoms with Crippen LogP contribution in [0.5, 0.6) is 5.75 Å². The summed E-state index contributed by atoms with van der Waals surface area (Å²) in [6.45, 7) is 6.63. The van der Waals surface area contributed by atoms with Gasteiger partial charge < -0.3 is 19.7 Å². The van der Waals surface area contributed by atoms with Gasteiger partial charge in [-0.25, -0.2) is 13.2 Å². The standard InChI is InChI=1S/C24H29N3O6S/c1-3-16-32-22-11-10-20(17-21(22)25-23(28)4-2)34(30,31)27-14-12-26(13-15-27)24(29)33-18-19-8-6-5-7-9-19/h4-11,17H,2-3,12-16,18H2,1H3,(H,25,28). The zero-order chi connectivity index (χ0) is 24.6. The molecule has 1 fully saturated rings. The molecule has 0 aromatic heterocycles. The van der Waals surface area contributed by atoms with Gasteiger partial charge in [-0.1, -0.05) is 43.8 Å². The Hall–Kier alpha value is -3.37. The number of carbonyl (C=O) groups is 2. The monoisotopic (exact) mass is 487 g/mol. The van der Waals surface area contributed by atoms with E-state index >= 15 is 0 Å². The van der Waals surface area contributed by atoms with Gasteiger partial charge in [-0.2, -0.15) is 4.31 Å². The predicted molar refractivity (Wildman–Crippen MR) is 128 cm³/mol. The molecule has 0 unspecified atom stereocenters. The summed E-state index contributed by atoms with van der Waals surface area (Å²) in [6, 6.07) is 13.7. The summed E-state index contributed by atoms with van der Waals surface area (Å²) in [4.78, 5) is 25.7. The van der Waals surface area contributed by atoms with Crippen LogP contribution in [0, 0.1) is 0 Å².